The highest BCUT2D eigenvalue weighted by molar-refractivity contribution is 8.18. The van der Waals surface area contributed by atoms with E-state index >= 15 is 0 Å². The van der Waals surface area contributed by atoms with E-state index in [2.05, 4.69) is 83.1 Å². The lowest BCUT2D eigenvalue weighted by Crippen LogP contribution is -2.25. The number of nitrogens with one attached hydrogen (secondary N) is 1. The average Bonchev–Trinajstić information content (AvgIpc) is 2.91. The van der Waals surface area contributed by atoms with Crippen LogP contribution in [0.5, 0.6) is 11.5 Å². The molecule has 1 unspecified atom stereocenters. The zero-order chi connectivity index (χ0) is 26.4. The predicted octanol–water partition coefficient (Wildman–Crippen LogP) is 4.50. The molecule has 1 saturated heterocycles. The predicted molar refractivity (Wildman–Crippen MR) is 146 cm³/mol. The summed E-state index contributed by atoms with van der Waals surface area (Å²) in [5.74, 6) is 7.32. The molecule has 194 valence electrons. The minimum Gasteiger partial charge on any atom is -0.493 e. The molecule has 0 radical (unpaired) electrons. The lowest BCUT2D eigenvalue weighted by molar-refractivity contribution is -0.159. The van der Waals surface area contributed by atoms with Gasteiger partial charge in [-0.25, -0.2) is 9.59 Å². The van der Waals surface area contributed by atoms with E-state index in [0.29, 0.717) is 0 Å². The molecule has 0 bridgehead atoms. The van der Waals surface area contributed by atoms with E-state index in [4.69, 9.17) is 29.3 Å². The van der Waals surface area contributed by atoms with E-state index in [0.717, 1.165) is 30.8 Å². The molecule has 1 fully saturated rings. The molecule has 7 nitrogen and oxygen atoms in total. The molecule has 0 saturated carbocycles. The van der Waals surface area contributed by atoms with Crippen molar-refractivity contribution in [3.63, 3.8) is 0 Å². The number of ether oxygens (including phenoxy) is 2. The molecule has 1 atom stereocenters. The summed E-state index contributed by atoms with van der Waals surface area (Å²) in [5, 5.41) is 18.2. The van der Waals surface area contributed by atoms with Crippen molar-refractivity contribution in [1.82, 2.24) is 5.32 Å². The van der Waals surface area contributed by atoms with E-state index in [1.54, 1.807) is 14.2 Å². The van der Waals surface area contributed by atoms with E-state index in [9.17, 15) is 0 Å². The molecular formula is C27H33NO6S2. The van der Waals surface area contributed by atoms with Crippen LogP contribution in [-0.2, 0) is 20.1 Å². The van der Waals surface area contributed by atoms with Crippen molar-refractivity contribution in [3.8, 4) is 23.3 Å². The van der Waals surface area contributed by atoms with Gasteiger partial charge in [0.25, 0.3) is 0 Å². The van der Waals surface area contributed by atoms with Crippen molar-refractivity contribution in [2.45, 2.75) is 35.8 Å². The second-order valence-corrected chi connectivity index (χ2v) is 10.9. The number of rotatable bonds is 8. The van der Waals surface area contributed by atoms with Gasteiger partial charge in [-0.1, -0.05) is 48.2 Å². The molecule has 3 rings (SSSR count). The van der Waals surface area contributed by atoms with E-state index in [1.165, 1.54) is 29.1 Å². The third-order valence-electron chi connectivity index (χ3n) is 5.47. The molecular weight excluding hydrogens is 498 g/mol. The van der Waals surface area contributed by atoms with Crippen molar-refractivity contribution in [1.29, 1.82) is 0 Å². The minimum atomic E-state index is -1.82. The van der Waals surface area contributed by atoms with Gasteiger partial charge in [-0.3, -0.25) is 0 Å². The maximum absolute atomic E-state index is 9.10. The lowest BCUT2D eigenvalue weighted by Gasteiger charge is -2.35. The number of hydrogen-bond donors (Lipinski definition) is 3. The standard InChI is InChI=1S/C25H31NO2S2.C2H2O4/c1-26-22(14-12-20-13-15-23(27-2)24(19-20)28-3)11-7-16-25(29-17-8-18-30-25)21-9-5-4-6-10-21;3-1(4)2(5)6/h4-6,9-10,13,15,19,22,26H,8,12,14,16-18H2,1-3H3;(H,3,4)(H,5,6). The van der Waals surface area contributed by atoms with Gasteiger partial charge in [-0.15, -0.1) is 23.5 Å². The summed E-state index contributed by atoms with van der Waals surface area (Å²) < 4.78 is 10.8. The summed E-state index contributed by atoms with van der Waals surface area (Å²) in [5.41, 5.74) is 2.62. The third kappa shape index (κ3) is 9.01. The van der Waals surface area contributed by atoms with Crippen molar-refractivity contribution in [2.24, 2.45) is 0 Å². The van der Waals surface area contributed by atoms with Crippen molar-refractivity contribution in [2.75, 3.05) is 32.8 Å². The van der Waals surface area contributed by atoms with Crippen molar-refractivity contribution < 1.29 is 29.3 Å². The molecule has 2 aromatic rings. The van der Waals surface area contributed by atoms with Crippen LogP contribution in [0.3, 0.4) is 0 Å². The fourth-order valence-electron chi connectivity index (χ4n) is 3.56. The molecule has 1 aliphatic rings. The van der Waals surface area contributed by atoms with E-state index in [-0.39, 0.29) is 10.1 Å². The number of thioether (sulfide) groups is 2. The molecule has 1 heterocycles. The van der Waals surface area contributed by atoms with Gasteiger partial charge in [-0.2, -0.15) is 0 Å². The normalized spacial score (nSPS) is 14.8. The second kappa shape index (κ2) is 15.3. The first-order valence-electron chi connectivity index (χ1n) is 11.5. The molecule has 0 aromatic heterocycles. The van der Waals surface area contributed by atoms with Gasteiger partial charge in [0.1, 0.15) is 0 Å². The number of carboxylic acid groups (broad SMARTS) is 2. The second-order valence-electron chi connectivity index (χ2n) is 7.85. The molecule has 1 aliphatic heterocycles. The topological polar surface area (TPSA) is 105 Å². The summed E-state index contributed by atoms with van der Waals surface area (Å²) in [6, 6.07) is 17.2. The smallest absolute Gasteiger partial charge is 0.414 e. The highest BCUT2D eigenvalue weighted by Crippen LogP contribution is 2.52. The Morgan fingerprint density at radius 1 is 1.03 bits per heavy atom. The Morgan fingerprint density at radius 2 is 1.67 bits per heavy atom. The Hall–Kier alpha value is -2.80. The van der Waals surface area contributed by atoms with Crippen molar-refractivity contribution >= 4 is 35.5 Å². The van der Waals surface area contributed by atoms with Gasteiger partial charge >= 0.3 is 11.9 Å². The van der Waals surface area contributed by atoms with Gasteiger partial charge in [0.05, 0.1) is 24.3 Å². The number of carbonyl (C=O) groups is 2. The fourth-order valence-corrected chi connectivity index (χ4v) is 6.77. The summed E-state index contributed by atoms with van der Waals surface area (Å²) in [6.07, 6.45) is 4.05. The number of hydrogen-bond acceptors (Lipinski definition) is 7. The van der Waals surface area contributed by atoms with Gasteiger partial charge in [0.15, 0.2) is 11.5 Å². The Balaban J connectivity index is 0.000000678. The SMILES string of the molecule is CNC(C#CCC1(c2ccccc2)SCCCS1)CCc1ccc(OC)c(OC)c1.O=C(O)C(=O)O. The molecule has 2 aromatic carbocycles. The van der Waals surface area contributed by atoms with Crippen molar-refractivity contribution in [3.05, 3.63) is 59.7 Å². The maximum atomic E-state index is 9.10. The Bertz CT molecular complexity index is 1030. The first-order chi connectivity index (χ1) is 17.3. The molecule has 3 N–H and O–H groups in total. The van der Waals surface area contributed by atoms with Crippen LogP contribution in [0, 0.1) is 11.8 Å². The molecule has 0 amide bonds. The number of carboxylic acids is 2. The van der Waals surface area contributed by atoms with Crippen LogP contribution in [-0.4, -0.2) is 61.0 Å². The fraction of sp³-hybridized carbons (Fsp3) is 0.407. The van der Waals surface area contributed by atoms with Crippen LogP contribution in [0.2, 0.25) is 0 Å². The number of aryl methyl sites for hydroxylation is 1. The highest BCUT2D eigenvalue weighted by atomic mass is 32.2. The number of aliphatic carboxylic acids is 2. The molecule has 0 spiro atoms. The van der Waals surface area contributed by atoms with Crippen LogP contribution in [0.4, 0.5) is 0 Å². The quantitative estimate of drug-likeness (QED) is 0.335. The van der Waals surface area contributed by atoms with Crippen LogP contribution in [0.1, 0.15) is 30.4 Å². The van der Waals surface area contributed by atoms with Gasteiger partial charge in [0, 0.05) is 6.42 Å². The lowest BCUT2D eigenvalue weighted by atomic mass is 10.0. The Morgan fingerprint density at radius 3 is 2.22 bits per heavy atom. The highest BCUT2D eigenvalue weighted by Gasteiger charge is 2.34. The monoisotopic (exact) mass is 531 g/mol. The molecule has 9 heteroatoms. The maximum Gasteiger partial charge on any atom is 0.414 e. The van der Waals surface area contributed by atoms with Gasteiger partial charge < -0.3 is 25.0 Å². The molecule has 0 aliphatic carbocycles. The molecule has 36 heavy (non-hydrogen) atoms. The average molecular weight is 532 g/mol. The van der Waals surface area contributed by atoms with E-state index < -0.39 is 11.9 Å². The summed E-state index contributed by atoms with van der Waals surface area (Å²) in [6.45, 7) is 0. The first kappa shape index (κ1) is 29.4. The number of benzene rings is 2. The summed E-state index contributed by atoms with van der Waals surface area (Å²) >= 11 is 4.11. The Kier molecular flexibility index (Phi) is 12.5. The van der Waals surface area contributed by atoms with Gasteiger partial charge in [-0.05, 0) is 61.1 Å². The Labute approximate surface area is 221 Å². The minimum absolute atomic E-state index is 0.0636. The zero-order valence-corrected chi connectivity index (χ0v) is 22.4. The van der Waals surface area contributed by atoms with E-state index in [1.807, 2.05) is 13.1 Å². The summed E-state index contributed by atoms with van der Waals surface area (Å²) in [7, 11) is 5.33. The summed E-state index contributed by atoms with van der Waals surface area (Å²) in [4.78, 5) is 18.2. The third-order valence-corrected chi connectivity index (χ3v) is 8.86. The number of methoxy groups -OCH3 is 2. The van der Waals surface area contributed by atoms with Crippen LogP contribution in [0.25, 0.3) is 0 Å². The van der Waals surface area contributed by atoms with Crippen LogP contribution < -0.4 is 14.8 Å². The van der Waals surface area contributed by atoms with Crippen LogP contribution >= 0.6 is 23.5 Å². The van der Waals surface area contributed by atoms with Gasteiger partial charge in [0.2, 0.25) is 0 Å². The largest absolute Gasteiger partial charge is 0.493 e. The first-order valence-corrected chi connectivity index (χ1v) is 13.5. The van der Waals surface area contributed by atoms with Crippen LogP contribution in [0.15, 0.2) is 48.5 Å². The zero-order valence-electron chi connectivity index (χ0n) is 20.8.